The summed E-state index contributed by atoms with van der Waals surface area (Å²) in [7, 11) is 0. The maximum absolute atomic E-state index is 13.4. The van der Waals surface area contributed by atoms with Gasteiger partial charge in [-0.15, -0.1) is 0 Å². The van der Waals surface area contributed by atoms with E-state index < -0.39 is 5.91 Å². The Kier molecular flexibility index (Phi) is 5.58. The second kappa shape index (κ2) is 9.00. The Hall–Kier alpha value is -4.77. The number of rotatable bonds is 5. The molecule has 166 valence electrons. The van der Waals surface area contributed by atoms with E-state index in [2.05, 4.69) is 27.5 Å². The monoisotopic (exact) mass is 448 g/mol. The van der Waals surface area contributed by atoms with Gasteiger partial charge in [0.1, 0.15) is 17.5 Å². The zero-order chi connectivity index (χ0) is 23.5. The smallest absolute Gasteiger partial charge is 0.277 e. The molecule has 0 aliphatic carbocycles. The zero-order valence-corrected chi connectivity index (χ0v) is 18.2. The number of nitrogens with zero attached hydrogens (tertiary/aromatic N) is 5. The molecule has 5 rings (SSSR count). The van der Waals surface area contributed by atoms with Gasteiger partial charge in [0.2, 0.25) is 0 Å². The fourth-order valence-electron chi connectivity index (χ4n) is 4.01. The number of nitriles is 1. The summed E-state index contributed by atoms with van der Waals surface area (Å²) in [6.45, 7) is 0.941. The number of benzene rings is 2. The fourth-order valence-corrected chi connectivity index (χ4v) is 4.01. The van der Waals surface area contributed by atoms with Gasteiger partial charge in [-0.1, -0.05) is 42.5 Å². The van der Waals surface area contributed by atoms with Crippen molar-refractivity contribution in [2.24, 2.45) is 0 Å². The van der Waals surface area contributed by atoms with Gasteiger partial charge in [-0.2, -0.15) is 10.4 Å². The van der Waals surface area contributed by atoms with Gasteiger partial charge in [-0.3, -0.25) is 14.3 Å². The molecule has 0 spiro atoms. The standard InChI is InChI=1S/C26H20N6O2/c27-16-21-15-20(10-11-28-21)30-25(33)23-17-29-32-13-12-31(26(34)24(23)32)22-8-6-19(7-9-22)14-18-4-2-1-3-5-18/h1-11,15,17H,12-14H2,(H,28,30,33). The average molecular weight is 448 g/mol. The van der Waals surface area contributed by atoms with Gasteiger partial charge in [0.05, 0.1) is 18.3 Å². The van der Waals surface area contributed by atoms with Crippen LogP contribution in [0.25, 0.3) is 0 Å². The van der Waals surface area contributed by atoms with Crippen LogP contribution >= 0.6 is 0 Å². The molecule has 8 nitrogen and oxygen atoms in total. The molecule has 2 amide bonds. The molecule has 4 aromatic rings. The third-order valence-corrected chi connectivity index (χ3v) is 5.70. The number of carbonyl (C=O) groups is 2. The minimum Gasteiger partial charge on any atom is -0.322 e. The molecule has 34 heavy (non-hydrogen) atoms. The number of aromatic nitrogens is 3. The van der Waals surface area contributed by atoms with E-state index in [0.29, 0.717) is 18.8 Å². The summed E-state index contributed by atoms with van der Waals surface area (Å²) in [5.41, 5.74) is 4.18. The SMILES string of the molecule is N#Cc1cc(NC(=O)c2cnn3c2C(=O)N(c2ccc(Cc4ccccc4)cc2)CC3)ccn1. The minimum absolute atomic E-state index is 0.186. The van der Waals surface area contributed by atoms with E-state index >= 15 is 0 Å². The van der Waals surface area contributed by atoms with Crippen LogP contribution in [0.1, 0.15) is 37.7 Å². The maximum Gasteiger partial charge on any atom is 0.277 e. The van der Waals surface area contributed by atoms with Gasteiger partial charge in [0.25, 0.3) is 11.8 Å². The highest BCUT2D eigenvalue weighted by molar-refractivity contribution is 6.15. The summed E-state index contributed by atoms with van der Waals surface area (Å²) in [4.78, 5) is 31.8. The van der Waals surface area contributed by atoms with Crippen molar-refractivity contribution >= 4 is 23.2 Å². The van der Waals surface area contributed by atoms with Crippen LogP contribution < -0.4 is 10.2 Å². The lowest BCUT2D eigenvalue weighted by molar-refractivity contribution is 0.0947. The number of amides is 2. The lowest BCUT2D eigenvalue weighted by Gasteiger charge is -2.28. The van der Waals surface area contributed by atoms with Crippen molar-refractivity contribution in [3.63, 3.8) is 0 Å². The summed E-state index contributed by atoms with van der Waals surface area (Å²) in [5.74, 6) is -0.748. The Balaban J connectivity index is 1.35. The average Bonchev–Trinajstić information content (AvgIpc) is 3.31. The molecule has 2 aromatic heterocycles. The maximum atomic E-state index is 13.4. The van der Waals surface area contributed by atoms with Crippen molar-refractivity contribution < 1.29 is 9.59 Å². The van der Waals surface area contributed by atoms with Gasteiger partial charge in [-0.25, -0.2) is 4.98 Å². The predicted molar refractivity (Wildman–Crippen MR) is 126 cm³/mol. The quantitative estimate of drug-likeness (QED) is 0.502. The Bertz CT molecular complexity index is 1400. The molecular weight excluding hydrogens is 428 g/mol. The molecule has 0 bridgehead atoms. The van der Waals surface area contributed by atoms with E-state index in [1.165, 1.54) is 24.0 Å². The van der Waals surface area contributed by atoms with Crippen LogP contribution in [0.15, 0.2) is 79.1 Å². The Morgan fingerprint density at radius 3 is 2.56 bits per heavy atom. The van der Waals surface area contributed by atoms with E-state index in [9.17, 15) is 9.59 Å². The fraction of sp³-hybridized carbons (Fsp3) is 0.115. The van der Waals surface area contributed by atoms with Crippen LogP contribution in [0.4, 0.5) is 11.4 Å². The topological polar surface area (TPSA) is 104 Å². The molecule has 1 aliphatic heterocycles. The molecule has 1 aliphatic rings. The number of pyridine rings is 1. The zero-order valence-electron chi connectivity index (χ0n) is 18.2. The number of carbonyl (C=O) groups excluding carboxylic acids is 2. The minimum atomic E-state index is -0.468. The third-order valence-electron chi connectivity index (χ3n) is 5.70. The van der Waals surface area contributed by atoms with Crippen molar-refractivity contribution in [1.82, 2.24) is 14.8 Å². The second-order valence-corrected chi connectivity index (χ2v) is 7.91. The summed E-state index contributed by atoms with van der Waals surface area (Å²) in [6, 6.07) is 23.1. The molecule has 0 radical (unpaired) electrons. The highest BCUT2D eigenvalue weighted by Gasteiger charge is 2.32. The molecule has 8 heteroatoms. The van der Waals surface area contributed by atoms with Crippen molar-refractivity contribution in [2.75, 3.05) is 16.8 Å². The summed E-state index contributed by atoms with van der Waals surface area (Å²) in [6.07, 6.45) is 3.66. The molecule has 0 atom stereocenters. The van der Waals surface area contributed by atoms with Crippen molar-refractivity contribution in [1.29, 1.82) is 5.26 Å². The van der Waals surface area contributed by atoms with Crippen LogP contribution in [0, 0.1) is 11.3 Å². The first-order chi connectivity index (χ1) is 16.6. The number of hydrogen-bond acceptors (Lipinski definition) is 5. The molecule has 3 heterocycles. The van der Waals surface area contributed by atoms with Crippen molar-refractivity contribution in [3.8, 4) is 6.07 Å². The highest BCUT2D eigenvalue weighted by atomic mass is 16.2. The van der Waals surface area contributed by atoms with Crippen LogP contribution in [-0.2, 0) is 13.0 Å². The van der Waals surface area contributed by atoms with E-state index in [0.717, 1.165) is 17.7 Å². The van der Waals surface area contributed by atoms with E-state index in [1.54, 1.807) is 15.6 Å². The van der Waals surface area contributed by atoms with Gasteiger partial charge in [0.15, 0.2) is 0 Å². The first-order valence-corrected chi connectivity index (χ1v) is 10.8. The summed E-state index contributed by atoms with van der Waals surface area (Å²) < 4.78 is 1.56. The van der Waals surface area contributed by atoms with Crippen LogP contribution in [0.2, 0.25) is 0 Å². The van der Waals surface area contributed by atoms with Gasteiger partial charge < -0.3 is 10.2 Å². The van der Waals surface area contributed by atoms with Crippen molar-refractivity contribution in [2.45, 2.75) is 13.0 Å². The summed E-state index contributed by atoms with van der Waals surface area (Å²) >= 11 is 0. The highest BCUT2D eigenvalue weighted by Crippen LogP contribution is 2.25. The van der Waals surface area contributed by atoms with Gasteiger partial charge in [-0.05, 0) is 41.8 Å². The lowest BCUT2D eigenvalue weighted by atomic mass is 10.0. The predicted octanol–water partition coefficient (Wildman–Crippen LogP) is 3.65. The number of nitrogens with one attached hydrogen (secondary N) is 1. The molecule has 0 saturated carbocycles. The van der Waals surface area contributed by atoms with Gasteiger partial charge >= 0.3 is 0 Å². The van der Waals surface area contributed by atoms with Crippen molar-refractivity contribution in [3.05, 3.63) is 107 Å². The van der Waals surface area contributed by atoms with E-state index in [1.807, 2.05) is 48.5 Å². The lowest BCUT2D eigenvalue weighted by Crippen LogP contribution is -2.41. The molecule has 0 saturated heterocycles. The molecule has 1 N–H and O–H groups in total. The first-order valence-electron chi connectivity index (χ1n) is 10.8. The number of anilines is 2. The molecule has 2 aromatic carbocycles. The van der Waals surface area contributed by atoms with E-state index in [4.69, 9.17) is 5.26 Å². The second-order valence-electron chi connectivity index (χ2n) is 7.91. The van der Waals surface area contributed by atoms with Gasteiger partial charge in [0, 0.05) is 24.1 Å². The number of fused-ring (bicyclic) bond motifs is 1. The molecular formula is C26H20N6O2. The summed E-state index contributed by atoms with van der Waals surface area (Å²) in [5, 5.41) is 16.0. The van der Waals surface area contributed by atoms with Crippen LogP contribution in [0.3, 0.4) is 0 Å². The van der Waals surface area contributed by atoms with Crippen LogP contribution in [-0.4, -0.2) is 33.1 Å². The normalized spacial score (nSPS) is 12.7. The Morgan fingerprint density at radius 2 is 1.79 bits per heavy atom. The third kappa shape index (κ3) is 4.14. The largest absolute Gasteiger partial charge is 0.322 e. The number of hydrogen-bond donors (Lipinski definition) is 1. The molecule has 0 fully saturated rings. The Morgan fingerprint density at radius 1 is 1.03 bits per heavy atom. The van der Waals surface area contributed by atoms with E-state index in [-0.39, 0.29) is 22.9 Å². The first kappa shape index (κ1) is 21.1. The Labute approximate surface area is 196 Å². The molecule has 0 unspecified atom stereocenters. The van der Waals surface area contributed by atoms with Crippen LogP contribution in [0.5, 0.6) is 0 Å².